The van der Waals surface area contributed by atoms with Crippen LogP contribution in [-0.4, -0.2) is 6.54 Å². The first-order valence-electron chi connectivity index (χ1n) is 5.89. The minimum Gasteiger partial charge on any atom is -0.390 e. The van der Waals surface area contributed by atoms with Crippen LogP contribution in [-0.2, 0) is 0 Å². The van der Waals surface area contributed by atoms with E-state index in [1.807, 2.05) is 12.3 Å². The van der Waals surface area contributed by atoms with Crippen LogP contribution in [0.15, 0.2) is 53.5 Å². The van der Waals surface area contributed by atoms with Crippen LogP contribution in [0.3, 0.4) is 0 Å². The Balaban J connectivity index is 2.59. The predicted octanol–water partition coefficient (Wildman–Crippen LogP) is 3.35. The van der Waals surface area contributed by atoms with Crippen LogP contribution in [0.25, 0.3) is 0 Å². The van der Waals surface area contributed by atoms with Gasteiger partial charge in [0.05, 0.1) is 0 Å². The maximum Gasteiger partial charge on any atom is 0.0182 e. The number of terminal acetylenes is 1. The van der Waals surface area contributed by atoms with Crippen molar-refractivity contribution in [2.45, 2.75) is 20.3 Å². The van der Waals surface area contributed by atoms with Crippen LogP contribution >= 0.6 is 0 Å². The summed E-state index contributed by atoms with van der Waals surface area (Å²) >= 11 is 0. The van der Waals surface area contributed by atoms with Gasteiger partial charge in [0.15, 0.2) is 0 Å². The lowest BCUT2D eigenvalue weighted by molar-refractivity contribution is 0.812. The molecule has 17 heavy (non-hydrogen) atoms. The summed E-state index contributed by atoms with van der Waals surface area (Å²) in [7, 11) is 0. The molecule has 0 saturated carbocycles. The zero-order chi connectivity index (χ0) is 12.5. The molecule has 1 rings (SSSR count). The lowest BCUT2D eigenvalue weighted by atomic mass is 9.98. The SMILES string of the molecule is C#C/C=C\NCC/C1=C\C(C)/C=C\C=C=C1C. The van der Waals surface area contributed by atoms with Crippen molar-refractivity contribution in [2.75, 3.05) is 6.54 Å². The van der Waals surface area contributed by atoms with E-state index in [4.69, 9.17) is 6.42 Å². The van der Waals surface area contributed by atoms with Crippen molar-refractivity contribution in [3.05, 3.63) is 53.5 Å². The second-order valence-electron chi connectivity index (χ2n) is 4.08. The van der Waals surface area contributed by atoms with Crippen molar-refractivity contribution in [1.82, 2.24) is 5.32 Å². The number of nitrogens with one attached hydrogen (secondary N) is 1. The summed E-state index contributed by atoms with van der Waals surface area (Å²) in [5, 5.41) is 3.17. The Labute approximate surface area is 104 Å². The van der Waals surface area contributed by atoms with E-state index in [0.717, 1.165) is 13.0 Å². The zero-order valence-electron chi connectivity index (χ0n) is 10.5. The van der Waals surface area contributed by atoms with E-state index in [9.17, 15) is 0 Å². The van der Waals surface area contributed by atoms with E-state index in [1.54, 1.807) is 6.08 Å². The first-order valence-corrected chi connectivity index (χ1v) is 5.89. The van der Waals surface area contributed by atoms with E-state index in [1.165, 1.54) is 11.1 Å². The standard InChI is InChI=1S/C16H19N/c1-4-5-11-17-12-10-16-13-14(2)8-6-7-9-15(16)3/h1,5-8,11,13-14,17H,10,12H2,2-3H3/b8-6-,11-5-,16-13+. The number of hydrogen-bond donors (Lipinski definition) is 1. The highest BCUT2D eigenvalue weighted by Crippen LogP contribution is 2.17. The second kappa shape index (κ2) is 7.39. The molecule has 0 aromatic heterocycles. The van der Waals surface area contributed by atoms with E-state index in [0.29, 0.717) is 5.92 Å². The zero-order valence-corrected chi connectivity index (χ0v) is 10.5. The van der Waals surface area contributed by atoms with E-state index in [-0.39, 0.29) is 0 Å². The van der Waals surface area contributed by atoms with Crippen LogP contribution < -0.4 is 5.32 Å². The summed E-state index contributed by atoms with van der Waals surface area (Å²) in [6.45, 7) is 5.18. The summed E-state index contributed by atoms with van der Waals surface area (Å²) in [4.78, 5) is 0. The maximum atomic E-state index is 5.12. The quantitative estimate of drug-likeness (QED) is 0.439. The van der Waals surface area contributed by atoms with Crippen molar-refractivity contribution in [2.24, 2.45) is 5.92 Å². The van der Waals surface area contributed by atoms with Gasteiger partial charge in [-0.2, -0.15) is 0 Å². The molecule has 1 nitrogen and oxygen atoms in total. The summed E-state index contributed by atoms with van der Waals surface area (Å²) in [5.41, 5.74) is 5.82. The molecule has 0 aliphatic heterocycles. The molecule has 0 radical (unpaired) electrons. The average molecular weight is 225 g/mol. The molecule has 1 atom stereocenters. The minimum absolute atomic E-state index is 0.472. The number of allylic oxidation sites excluding steroid dienone is 5. The molecule has 0 spiro atoms. The summed E-state index contributed by atoms with van der Waals surface area (Å²) in [6.07, 6.45) is 18.1. The molecule has 88 valence electrons. The monoisotopic (exact) mass is 225 g/mol. The molecule has 0 saturated heterocycles. The van der Waals surface area contributed by atoms with Gasteiger partial charge in [0.1, 0.15) is 0 Å². The van der Waals surface area contributed by atoms with E-state index >= 15 is 0 Å². The highest BCUT2D eigenvalue weighted by Gasteiger charge is 2.02. The molecular formula is C16H19N. The largest absolute Gasteiger partial charge is 0.390 e. The molecule has 1 aliphatic rings. The first-order chi connectivity index (χ1) is 8.24. The lowest BCUT2D eigenvalue weighted by Crippen LogP contribution is -2.08. The smallest absolute Gasteiger partial charge is 0.0182 e. The second-order valence-corrected chi connectivity index (χ2v) is 4.08. The van der Waals surface area contributed by atoms with Gasteiger partial charge in [0.25, 0.3) is 0 Å². The van der Waals surface area contributed by atoms with Gasteiger partial charge in [-0.15, -0.1) is 12.2 Å². The fraction of sp³-hybridized carbons (Fsp3) is 0.312. The molecule has 0 aromatic carbocycles. The molecular weight excluding hydrogens is 206 g/mol. The third-order valence-corrected chi connectivity index (χ3v) is 2.59. The molecule has 1 heteroatoms. The van der Waals surface area contributed by atoms with Crippen molar-refractivity contribution < 1.29 is 0 Å². The molecule has 0 amide bonds. The Kier molecular flexibility index (Phi) is 5.72. The number of hydrogen-bond acceptors (Lipinski definition) is 1. The molecule has 0 aromatic rings. The van der Waals surface area contributed by atoms with Gasteiger partial charge < -0.3 is 5.32 Å². The van der Waals surface area contributed by atoms with Crippen molar-refractivity contribution in [3.8, 4) is 12.3 Å². The van der Waals surface area contributed by atoms with Gasteiger partial charge in [0, 0.05) is 18.8 Å². The van der Waals surface area contributed by atoms with Gasteiger partial charge >= 0.3 is 0 Å². The maximum absolute atomic E-state index is 5.12. The Bertz CT molecular complexity index is 435. The van der Waals surface area contributed by atoms with Crippen molar-refractivity contribution in [1.29, 1.82) is 0 Å². The molecule has 0 fully saturated rings. The summed E-state index contributed by atoms with van der Waals surface area (Å²) in [6, 6.07) is 0. The highest BCUT2D eigenvalue weighted by molar-refractivity contribution is 5.32. The Hall–Kier alpha value is -1.90. The van der Waals surface area contributed by atoms with Gasteiger partial charge in [-0.3, -0.25) is 0 Å². The Morgan fingerprint density at radius 3 is 3.18 bits per heavy atom. The molecule has 1 N–H and O–H groups in total. The third-order valence-electron chi connectivity index (χ3n) is 2.59. The molecule has 0 bridgehead atoms. The van der Waals surface area contributed by atoms with E-state index < -0.39 is 0 Å². The Morgan fingerprint density at radius 2 is 2.41 bits per heavy atom. The van der Waals surface area contributed by atoms with Crippen LogP contribution in [0, 0.1) is 18.3 Å². The van der Waals surface area contributed by atoms with Gasteiger partial charge in [0.2, 0.25) is 0 Å². The van der Waals surface area contributed by atoms with Crippen LogP contribution in [0.5, 0.6) is 0 Å². The highest BCUT2D eigenvalue weighted by atomic mass is 14.8. The van der Waals surface area contributed by atoms with Crippen molar-refractivity contribution in [3.63, 3.8) is 0 Å². The van der Waals surface area contributed by atoms with Gasteiger partial charge in [-0.05, 0) is 36.5 Å². The summed E-state index contributed by atoms with van der Waals surface area (Å²) < 4.78 is 0. The topological polar surface area (TPSA) is 12.0 Å². The average Bonchev–Trinajstić information content (AvgIpc) is 2.31. The fourth-order valence-electron chi connectivity index (χ4n) is 1.66. The third kappa shape index (κ3) is 5.11. The first kappa shape index (κ1) is 13.2. The minimum atomic E-state index is 0.472. The van der Waals surface area contributed by atoms with E-state index in [2.05, 4.69) is 49.0 Å². The molecule has 1 unspecified atom stereocenters. The molecule has 1 aliphatic carbocycles. The number of rotatable bonds is 4. The fourth-order valence-corrected chi connectivity index (χ4v) is 1.66. The van der Waals surface area contributed by atoms with Gasteiger partial charge in [-0.25, -0.2) is 0 Å². The van der Waals surface area contributed by atoms with Crippen LogP contribution in [0.4, 0.5) is 0 Å². The predicted molar refractivity (Wildman–Crippen MR) is 74.2 cm³/mol. The van der Waals surface area contributed by atoms with Crippen LogP contribution in [0.2, 0.25) is 0 Å². The van der Waals surface area contributed by atoms with Crippen LogP contribution in [0.1, 0.15) is 20.3 Å². The summed E-state index contributed by atoms with van der Waals surface area (Å²) in [5.74, 6) is 2.92. The normalized spacial score (nSPS) is 24.2. The Morgan fingerprint density at radius 1 is 1.59 bits per heavy atom. The van der Waals surface area contributed by atoms with Gasteiger partial charge in [-0.1, -0.05) is 31.1 Å². The van der Waals surface area contributed by atoms with Crippen molar-refractivity contribution >= 4 is 0 Å². The lowest BCUT2D eigenvalue weighted by Gasteiger charge is -2.10. The molecule has 0 heterocycles.